The standard InChI is InChI=1S/C13H15ClN2S.C12H13ClN2OS.CH4/c1-10-7-12(16(3)15(10)2)9-17-13-6-4-5-11(14)8-13;1-14-9(7-12(16)15(14)2)8-17-11-6-4-3-5-10(11)13;/h4-8H,1,9H2,2-3H3;3-7H,8H2,1-2H3;1H4. The lowest BCUT2D eigenvalue weighted by atomic mass is 10.4. The van der Waals surface area contributed by atoms with Gasteiger partial charge in [-0.3, -0.25) is 24.2 Å². The van der Waals surface area contributed by atoms with Crippen molar-refractivity contribution < 1.29 is 0 Å². The van der Waals surface area contributed by atoms with Crippen LogP contribution in [0.5, 0.6) is 0 Å². The molecule has 0 atom stereocenters. The molecular formula is C26H32Cl2N4OS2. The number of allylic oxidation sites excluding steroid dienone is 1. The van der Waals surface area contributed by atoms with Crippen LogP contribution < -0.4 is 5.56 Å². The quantitative estimate of drug-likeness (QED) is 0.311. The van der Waals surface area contributed by atoms with Gasteiger partial charge in [-0.2, -0.15) is 0 Å². The molecule has 0 bridgehead atoms. The van der Waals surface area contributed by atoms with Crippen LogP contribution in [0.1, 0.15) is 13.1 Å². The lowest BCUT2D eigenvalue weighted by Gasteiger charge is -2.26. The van der Waals surface area contributed by atoms with Crippen molar-refractivity contribution in [3.8, 4) is 0 Å². The van der Waals surface area contributed by atoms with Gasteiger partial charge in [-0.15, -0.1) is 23.5 Å². The van der Waals surface area contributed by atoms with Crippen LogP contribution in [0.15, 0.2) is 93.2 Å². The summed E-state index contributed by atoms with van der Waals surface area (Å²) in [5.41, 5.74) is 3.28. The number of nitrogens with zero attached hydrogens (tertiary/aromatic N) is 4. The predicted molar refractivity (Wildman–Crippen MR) is 153 cm³/mol. The fourth-order valence-electron chi connectivity index (χ4n) is 3.13. The van der Waals surface area contributed by atoms with Crippen molar-refractivity contribution in [1.29, 1.82) is 0 Å². The highest BCUT2D eigenvalue weighted by molar-refractivity contribution is 7.99. The third-order valence-corrected chi connectivity index (χ3v) is 8.30. The maximum Gasteiger partial charge on any atom is 0.266 e. The van der Waals surface area contributed by atoms with Crippen molar-refractivity contribution in [1.82, 2.24) is 19.4 Å². The van der Waals surface area contributed by atoms with E-state index in [2.05, 4.69) is 23.7 Å². The van der Waals surface area contributed by atoms with Gasteiger partial charge in [0.15, 0.2) is 0 Å². The molecule has 1 aliphatic rings. The minimum absolute atomic E-state index is 0. The third-order valence-electron chi connectivity index (χ3n) is 5.48. The van der Waals surface area contributed by atoms with Gasteiger partial charge < -0.3 is 0 Å². The molecule has 0 unspecified atom stereocenters. The first-order valence-corrected chi connectivity index (χ1v) is 13.2. The molecule has 2 aromatic carbocycles. The number of likely N-dealkylation sites (N-methyl/N-ethyl adjacent to an activating group) is 1. The number of rotatable bonds is 6. The van der Waals surface area contributed by atoms with E-state index in [9.17, 15) is 4.79 Å². The van der Waals surface area contributed by atoms with E-state index in [1.54, 1.807) is 41.3 Å². The molecule has 0 radical (unpaired) electrons. The molecule has 0 aliphatic carbocycles. The summed E-state index contributed by atoms with van der Waals surface area (Å²) >= 11 is 15.4. The van der Waals surface area contributed by atoms with Crippen molar-refractivity contribution >= 4 is 46.7 Å². The van der Waals surface area contributed by atoms with Gasteiger partial charge in [0.2, 0.25) is 0 Å². The van der Waals surface area contributed by atoms with Crippen LogP contribution in [0.25, 0.3) is 0 Å². The van der Waals surface area contributed by atoms with Crippen molar-refractivity contribution in [2.75, 3.05) is 19.8 Å². The fraction of sp³-hybridized carbons (Fsp3) is 0.269. The molecular weight excluding hydrogens is 519 g/mol. The monoisotopic (exact) mass is 550 g/mol. The van der Waals surface area contributed by atoms with Crippen LogP contribution in [-0.4, -0.2) is 39.2 Å². The molecule has 188 valence electrons. The number of hydrogen-bond acceptors (Lipinski definition) is 5. The maximum atomic E-state index is 11.4. The Bertz CT molecular complexity index is 1250. The van der Waals surface area contributed by atoms with E-state index in [0.717, 1.165) is 37.8 Å². The van der Waals surface area contributed by atoms with Gasteiger partial charge in [0, 0.05) is 66.3 Å². The third kappa shape index (κ3) is 7.64. The number of hydrazine groups is 1. The molecule has 4 rings (SSSR count). The van der Waals surface area contributed by atoms with Crippen molar-refractivity contribution in [3.05, 3.63) is 105 Å². The largest absolute Gasteiger partial charge is 0.292 e. The van der Waals surface area contributed by atoms with Gasteiger partial charge in [0.05, 0.1) is 16.4 Å². The van der Waals surface area contributed by atoms with Crippen molar-refractivity contribution in [2.24, 2.45) is 14.1 Å². The Balaban J connectivity index is 0.000000240. The molecule has 0 N–H and O–H groups in total. The summed E-state index contributed by atoms with van der Waals surface area (Å²) in [5.74, 6) is 1.65. The average Bonchev–Trinajstić information content (AvgIpc) is 3.21. The highest BCUT2D eigenvalue weighted by atomic mass is 35.5. The summed E-state index contributed by atoms with van der Waals surface area (Å²) in [6.07, 6.45) is 2.11. The van der Waals surface area contributed by atoms with Crippen LogP contribution in [0, 0.1) is 0 Å². The summed E-state index contributed by atoms with van der Waals surface area (Å²) in [5, 5.41) is 5.68. The van der Waals surface area contributed by atoms with Crippen LogP contribution >= 0.6 is 46.7 Å². The van der Waals surface area contributed by atoms with Gasteiger partial charge in [-0.05, 0) is 36.4 Å². The molecule has 0 saturated heterocycles. The lowest BCUT2D eigenvalue weighted by Crippen LogP contribution is -2.29. The Morgan fingerprint density at radius 2 is 1.57 bits per heavy atom. The summed E-state index contributed by atoms with van der Waals surface area (Å²) in [7, 11) is 7.69. The van der Waals surface area contributed by atoms with Crippen LogP contribution in [0.3, 0.4) is 0 Å². The SMILES string of the molecule is C.C=C1C=C(CSc2cccc(Cl)c2)N(C)N1C.Cn1c(CSc2ccccc2Cl)cc(=O)n1C. The highest BCUT2D eigenvalue weighted by Gasteiger charge is 2.18. The molecule has 2 heterocycles. The molecule has 0 amide bonds. The number of halogens is 2. The number of hydrogen-bond donors (Lipinski definition) is 0. The molecule has 35 heavy (non-hydrogen) atoms. The van der Waals surface area contributed by atoms with E-state index in [1.165, 1.54) is 10.6 Å². The topological polar surface area (TPSA) is 33.4 Å². The molecule has 0 saturated carbocycles. The summed E-state index contributed by atoms with van der Waals surface area (Å²) in [4.78, 5) is 13.7. The van der Waals surface area contributed by atoms with E-state index in [4.69, 9.17) is 23.2 Å². The number of benzene rings is 2. The second-order valence-electron chi connectivity index (χ2n) is 7.66. The van der Waals surface area contributed by atoms with E-state index in [-0.39, 0.29) is 13.0 Å². The van der Waals surface area contributed by atoms with E-state index in [1.807, 2.05) is 73.3 Å². The Morgan fingerprint density at radius 1 is 0.857 bits per heavy atom. The zero-order chi connectivity index (χ0) is 24.8. The maximum absolute atomic E-state index is 11.4. The van der Waals surface area contributed by atoms with Gasteiger partial charge in [-0.25, -0.2) is 0 Å². The fourth-order valence-corrected chi connectivity index (χ4v) is 5.61. The lowest BCUT2D eigenvalue weighted by molar-refractivity contribution is 0.135. The van der Waals surface area contributed by atoms with Gasteiger partial charge >= 0.3 is 0 Å². The molecule has 0 spiro atoms. The summed E-state index contributed by atoms with van der Waals surface area (Å²) in [6, 6.07) is 17.3. The zero-order valence-electron chi connectivity index (χ0n) is 19.7. The van der Waals surface area contributed by atoms with Crippen molar-refractivity contribution in [2.45, 2.75) is 23.0 Å². The van der Waals surface area contributed by atoms with Gasteiger partial charge in [-0.1, -0.05) is 55.4 Å². The van der Waals surface area contributed by atoms with E-state index >= 15 is 0 Å². The van der Waals surface area contributed by atoms with Gasteiger partial charge in [0.1, 0.15) is 0 Å². The molecule has 1 aromatic heterocycles. The normalized spacial score (nSPS) is 12.7. The molecule has 1 aliphatic heterocycles. The minimum Gasteiger partial charge on any atom is -0.292 e. The minimum atomic E-state index is 0. The highest BCUT2D eigenvalue weighted by Crippen LogP contribution is 2.29. The number of thioether (sulfide) groups is 2. The second-order valence-corrected chi connectivity index (χ2v) is 10.6. The van der Waals surface area contributed by atoms with E-state index in [0.29, 0.717) is 0 Å². The predicted octanol–water partition coefficient (Wildman–Crippen LogP) is 6.93. The molecule has 9 heteroatoms. The van der Waals surface area contributed by atoms with Crippen LogP contribution in [-0.2, 0) is 19.8 Å². The second kappa shape index (κ2) is 13.2. The molecule has 3 aromatic rings. The Hall–Kier alpha value is -2.19. The summed E-state index contributed by atoms with van der Waals surface area (Å²) < 4.78 is 3.44. The smallest absolute Gasteiger partial charge is 0.266 e. The van der Waals surface area contributed by atoms with Crippen molar-refractivity contribution in [3.63, 3.8) is 0 Å². The first-order chi connectivity index (χ1) is 16.2. The zero-order valence-corrected chi connectivity index (χ0v) is 22.8. The number of aromatic nitrogens is 2. The first kappa shape index (κ1) is 29.0. The Morgan fingerprint density at radius 3 is 2.14 bits per heavy atom. The van der Waals surface area contributed by atoms with E-state index < -0.39 is 0 Å². The Labute approximate surface area is 227 Å². The summed E-state index contributed by atoms with van der Waals surface area (Å²) in [6.45, 7) is 3.98. The average molecular weight is 552 g/mol. The molecule has 0 fully saturated rings. The first-order valence-electron chi connectivity index (χ1n) is 10.5. The van der Waals surface area contributed by atoms with Crippen LogP contribution in [0.2, 0.25) is 10.0 Å². The molecule has 5 nitrogen and oxygen atoms in total. The van der Waals surface area contributed by atoms with Gasteiger partial charge in [0.25, 0.3) is 5.56 Å². The Kier molecular flexibility index (Phi) is 11.0. The van der Waals surface area contributed by atoms with Crippen LogP contribution in [0.4, 0.5) is 0 Å².